The van der Waals surface area contributed by atoms with Gasteiger partial charge in [0.05, 0.1) is 13.2 Å². The molecule has 3 heteroatoms. The van der Waals surface area contributed by atoms with Crippen molar-refractivity contribution in [3.05, 3.63) is 18.2 Å². The summed E-state index contributed by atoms with van der Waals surface area (Å²) in [5, 5.41) is 0. The van der Waals surface area contributed by atoms with Crippen molar-refractivity contribution in [2.45, 2.75) is 70.1 Å². The van der Waals surface area contributed by atoms with E-state index in [2.05, 4.69) is 26.5 Å². The van der Waals surface area contributed by atoms with E-state index >= 15 is 0 Å². The average Bonchev–Trinajstić information content (AvgIpc) is 2.48. The Morgan fingerprint density at radius 1 is 0.810 bits per heavy atom. The lowest BCUT2D eigenvalue weighted by atomic mass is 10.2. The maximum absolute atomic E-state index is 5.76. The van der Waals surface area contributed by atoms with Crippen LogP contribution in [0, 0.1) is 0 Å². The summed E-state index contributed by atoms with van der Waals surface area (Å²) in [4.78, 5) is 0.858. The van der Waals surface area contributed by atoms with Crippen molar-refractivity contribution in [1.82, 2.24) is 0 Å². The van der Waals surface area contributed by atoms with Crippen LogP contribution in [0.3, 0.4) is 0 Å². The summed E-state index contributed by atoms with van der Waals surface area (Å²) in [6.07, 6.45) is 9.77. The summed E-state index contributed by atoms with van der Waals surface area (Å²) in [5.74, 6) is 1.74. The zero-order valence-corrected chi connectivity index (χ0v) is 14.5. The Bertz CT molecular complexity index is 379. The highest BCUT2D eigenvalue weighted by Gasteiger charge is 2.03. The summed E-state index contributed by atoms with van der Waals surface area (Å²) in [7, 11) is 0. The quantitative estimate of drug-likeness (QED) is 0.383. The van der Waals surface area contributed by atoms with Gasteiger partial charge in [0, 0.05) is 4.90 Å². The molecule has 0 fully saturated rings. The van der Waals surface area contributed by atoms with Crippen LogP contribution < -0.4 is 9.47 Å². The van der Waals surface area contributed by atoms with E-state index in [4.69, 9.17) is 9.47 Å². The number of unbranched alkanes of at least 4 members (excludes halogenated alkanes) is 6. The van der Waals surface area contributed by atoms with Crippen LogP contribution in [-0.4, -0.2) is 13.2 Å². The highest BCUT2D eigenvalue weighted by atomic mass is 32.1. The minimum Gasteiger partial charge on any atom is -0.494 e. The SMILES string of the molecule is CCCCCCOc1ccc(OCCCCCC)c(S)c1. The Hall–Kier alpha value is -0.830. The van der Waals surface area contributed by atoms with E-state index in [1.54, 1.807) is 0 Å². The summed E-state index contributed by atoms with van der Waals surface area (Å²) in [5.41, 5.74) is 0. The second-order valence-corrected chi connectivity index (χ2v) is 5.93. The van der Waals surface area contributed by atoms with Gasteiger partial charge >= 0.3 is 0 Å². The lowest BCUT2D eigenvalue weighted by Crippen LogP contribution is -2.00. The van der Waals surface area contributed by atoms with E-state index in [0.717, 1.165) is 42.4 Å². The van der Waals surface area contributed by atoms with E-state index in [-0.39, 0.29) is 0 Å². The molecule has 21 heavy (non-hydrogen) atoms. The molecular weight excluding hydrogens is 280 g/mol. The summed E-state index contributed by atoms with van der Waals surface area (Å²) >= 11 is 4.48. The van der Waals surface area contributed by atoms with Gasteiger partial charge in [-0.3, -0.25) is 0 Å². The van der Waals surface area contributed by atoms with Gasteiger partial charge < -0.3 is 9.47 Å². The topological polar surface area (TPSA) is 18.5 Å². The van der Waals surface area contributed by atoms with E-state index in [9.17, 15) is 0 Å². The minimum absolute atomic E-state index is 0.769. The predicted octanol–water partition coefficient (Wildman–Crippen LogP) is 5.89. The lowest BCUT2D eigenvalue weighted by Gasteiger charge is -2.11. The van der Waals surface area contributed by atoms with E-state index in [1.165, 1.54) is 38.5 Å². The first-order valence-electron chi connectivity index (χ1n) is 8.36. The van der Waals surface area contributed by atoms with Crippen LogP contribution in [0.4, 0.5) is 0 Å². The molecule has 0 amide bonds. The molecule has 0 atom stereocenters. The Kier molecular flexibility index (Phi) is 10.2. The number of thiol groups is 1. The number of benzene rings is 1. The fourth-order valence-electron chi connectivity index (χ4n) is 2.14. The molecule has 0 N–H and O–H groups in total. The maximum Gasteiger partial charge on any atom is 0.132 e. The van der Waals surface area contributed by atoms with Crippen molar-refractivity contribution in [2.75, 3.05) is 13.2 Å². The van der Waals surface area contributed by atoms with Crippen LogP contribution in [0.25, 0.3) is 0 Å². The van der Waals surface area contributed by atoms with Crippen molar-refractivity contribution >= 4 is 12.6 Å². The van der Waals surface area contributed by atoms with Crippen LogP contribution in [0.15, 0.2) is 23.1 Å². The summed E-state index contributed by atoms with van der Waals surface area (Å²) in [6.45, 7) is 5.98. The fourth-order valence-corrected chi connectivity index (χ4v) is 2.41. The monoisotopic (exact) mass is 310 g/mol. The van der Waals surface area contributed by atoms with Gasteiger partial charge in [-0.2, -0.15) is 0 Å². The molecule has 0 unspecified atom stereocenters. The molecule has 0 spiro atoms. The third kappa shape index (κ3) is 8.25. The molecule has 0 heterocycles. The normalized spacial score (nSPS) is 10.6. The highest BCUT2D eigenvalue weighted by Crippen LogP contribution is 2.27. The first-order chi connectivity index (χ1) is 10.3. The Morgan fingerprint density at radius 3 is 2.00 bits per heavy atom. The smallest absolute Gasteiger partial charge is 0.132 e. The molecule has 0 saturated heterocycles. The van der Waals surface area contributed by atoms with Crippen LogP contribution in [0.1, 0.15) is 65.2 Å². The van der Waals surface area contributed by atoms with Gasteiger partial charge in [0.2, 0.25) is 0 Å². The Labute approximate surface area is 135 Å². The Balaban J connectivity index is 2.27. The third-order valence-electron chi connectivity index (χ3n) is 3.45. The molecule has 1 aromatic rings. The zero-order chi connectivity index (χ0) is 15.3. The third-order valence-corrected chi connectivity index (χ3v) is 3.80. The largest absolute Gasteiger partial charge is 0.494 e. The van der Waals surface area contributed by atoms with Gasteiger partial charge in [-0.05, 0) is 31.0 Å². The van der Waals surface area contributed by atoms with Gasteiger partial charge in [-0.25, -0.2) is 0 Å². The molecule has 0 aliphatic rings. The first-order valence-corrected chi connectivity index (χ1v) is 8.81. The molecule has 1 rings (SSSR count). The molecule has 120 valence electrons. The summed E-state index contributed by atoms with van der Waals surface area (Å²) < 4.78 is 11.5. The van der Waals surface area contributed by atoms with Crippen LogP contribution in [-0.2, 0) is 0 Å². The first kappa shape index (κ1) is 18.2. The fraction of sp³-hybridized carbons (Fsp3) is 0.667. The van der Waals surface area contributed by atoms with Gasteiger partial charge in [-0.1, -0.05) is 52.4 Å². The van der Waals surface area contributed by atoms with Gasteiger partial charge in [0.15, 0.2) is 0 Å². The second kappa shape index (κ2) is 11.8. The number of rotatable bonds is 12. The molecule has 0 bridgehead atoms. The zero-order valence-electron chi connectivity index (χ0n) is 13.6. The summed E-state index contributed by atoms with van der Waals surface area (Å²) in [6, 6.07) is 5.88. The lowest BCUT2D eigenvalue weighted by molar-refractivity contribution is 0.291. The van der Waals surface area contributed by atoms with Crippen LogP contribution in [0.2, 0.25) is 0 Å². The molecule has 0 aliphatic carbocycles. The van der Waals surface area contributed by atoms with E-state index < -0.39 is 0 Å². The van der Waals surface area contributed by atoms with Crippen molar-refractivity contribution in [1.29, 1.82) is 0 Å². The van der Waals surface area contributed by atoms with Gasteiger partial charge in [0.25, 0.3) is 0 Å². The van der Waals surface area contributed by atoms with E-state index in [1.807, 2.05) is 18.2 Å². The molecule has 0 radical (unpaired) electrons. The Morgan fingerprint density at radius 2 is 1.43 bits per heavy atom. The highest BCUT2D eigenvalue weighted by molar-refractivity contribution is 7.80. The number of hydrogen-bond donors (Lipinski definition) is 1. The second-order valence-electron chi connectivity index (χ2n) is 5.45. The standard InChI is InChI=1S/C18H30O2S/c1-3-5-7-9-13-19-16-11-12-17(18(21)15-16)20-14-10-8-6-4-2/h11-12,15,21H,3-10,13-14H2,1-2H3. The molecular formula is C18H30O2S. The minimum atomic E-state index is 0.769. The van der Waals surface area contributed by atoms with Gasteiger partial charge in [0.1, 0.15) is 11.5 Å². The van der Waals surface area contributed by atoms with Crippen LogP contribution in [0.5, 0.6) is 11.5 Å². The van der Waals surface area contributed by atoms with E-state index in [0.29, 0.717) is 0 Å². The molecule has 1 aromatic carbocycles. The maximum atomic E-state index is 5.76. The van der Waals surface area contributed by atoms with Crippen LogP contribution >= 0.6 is 12.6 Å². The van der Waals surface area contributed by atoms with Crippen molar-refractivity contribution in [3.63, 3.8) is 0 Å². The number of hydrogen-bond acceptors (Lipinski definition) is 3. The number of ether oxygens (including phenoxy) is 2. The van der Waals surface area contributed by atoms with Crippen molar-refractivity contribution < 1.29 is 9.47 Å². The predicted molar refractivity (Wildman–Crippen MR) is 93.0 cm³/mol. The van der Waals surface area contributed by atoms with Crippen molar-refractivity contribution in [3.8, 4) is 11.5 Å². The molecule has 2 nitrogen and oxygen atoms in total. The van der Waals surface area contributed by atoms with Crippen molar-refractivity contribution in [2.24, 2.45) is 0 Å². The molecule has 0 aliphatic heterocycles. The molecule has 0 saturated carbocycles. The average molecular weight is 311 g/mol. The van der Waals surface area contributed by atoms with Gasteiger partial charge in [-0.15, -0.1) is 12.6 Å². The molecule has 0 aromatic heterocycles.